The van der Waals surface area contributed by atoms with E-state index in [4.69, 9.17) is 0 Å². The fraction of sp³-hybridized carbons (Fsp3) is 0.727. The van der Waals surface area contributed by atoms with Crippen LogP contribution in [0.5, 0.6) is 0 Å². The van der Waals surface area contributed by atoms with E-state index in [0.29, 0.717) is 6.04 Å². The van der Waals surface area contributed by atoms with Crippen molar-refractivity contribution in [3.8, 4) is 0 Å². The van der Waals surface area contributed by atoms with Gasteiger partial charge in [-0.15, -0.1) is 11.3 Å². The molecule has 0 radical (unpaired) electrons. The van der Waals surface area contributed by atoms with Gasteiger partial charge in [0, 0.05) is 11.4 Å². The Morgan fingerprint density at radius 2 is 2.27 bits per heavy atom. The summed E-state index contributed by atoms with van der Waals surface area (Å²) >= 11 is 1.73. The fourth-order valence-corrected chi connectivity index (χ4v) is 2.73. The van der Waals surface area contributed by atoms with Crippen molar-refractivity contribution < 1.29 is 0 Å². The summed E-state index contributed by atoms with van der Waals surface area (Å²) in [6.07, 6.45) is 3.50. The predicted octanol–water partition coefficient (Wildman–Crippen LogP) is 2.21. The molecule has 84 valence electrons. The van der Waals surface area contributed by atoms with Gasteiger partial charge in [-0.25, -0.2) is 4.98 Å². The van der Waals surface area contributed by atoms with Gasteiger partial charge in [0.05, 0.1) is 5.69 Å². The molecule has 1 fully saturated rings. The number of likely N-dealkylation sites (tertiary alicyclic amines) is 1. The minimum atomic E-state index is 0.622. The highest BCUT2D eigenvalue weighted by Gasteiger charge is 2.17. The van der Waals surface area contributed by atoms with Gasteiger partial charge in [0.15, 0.2) is 5.13 Å². The first kappa shape index (κ1) is 10.9. The maximum Gasteiger partial charge on any atom is 0.183 e. The lowest BCUT2D eigenvalue weighted by molar-refractivity contribution is 0.264. The molecule has 1 aliphatic rings. The minimum Gasteiger partial charge on any atom is -0.359 e. The Hall–Kier alpha value is -0.610. The molecule has 0 spiro atoms. The van der Waals surface area contributed by atoms with Crippen LogP contribution in [0.1, 0.15) is 25.5 Å². The SMILES string of the molecule is CCc1csc(NC2CCN(C)CC2)n1. The maximum atomic E-state index is 4.54. The normalized spacial score (nSPS) is 19.3. The minimum absolute atomic E-state index is 0.622. The Morgan fingerprint density at radius 1 is 1.53 bits per heavy atom. The van der Waals surface area contributed by atoms with Crippen molar-refractivity contribution in [3.63, 3.8) is 0 Å². The quantitative estimate of drug-likeness (QED) is 0.855. The first-order chi connectivity index (χ1) is 7.28. The van der Waals surface area contributed by atoms with Gasteiger partial charge >= 0.3 is 0 Å². The summed E-state index contributed by atoms with van der Waals surface area (Å²) in [5, 5.41) is 6.79. The molecule has 3 nitrogen and oxygen atoms in total. The number of piperidine rings is 1. The number of aromatic nitrogens is 1. The van der Waals surface area contributed by atoms with Gasteiger partial charge < -0.3 is 10.2 Å². The summed E-state index contributed by atoms with van der Waals surface area (Å²) in [5.41, 5.74) is 1.20. The molecule has 1 saturated heterocycles. The first-order valence-corrected chi connectivity index (χ1v) is 6.55. The van der Waals surface area contributed by atoms with Gasteiger partial charge in [0.25, 0.3) is 0 Å². The van der Waals surface area contributed by atoms with Crippen LogP contribution in [0.15, 0.2) is 5.38 Å². The van der Waals surface area contributed by atoms with E-state index in [2.05, 4.69) is 34.6 Å². The van der Waals surface area contributed by atoms with E-state index in [0.717, 1.165) is 11.6 Å². The molecule has 0 atom stereocenters. The number of hydrogen-bond acceptors (Lipinski definition) is 4. The molecule has 15 heavy (non-hydrogen) atoms. The Kier molecular flexibility index (Phi) is 3.59. The molecule has 0 saturated carbocycles. The molecule has 0 bridgehead atoms. The number of thiazole rings is 1. The molecule has 1 N–H and O–H groups in total. The number of anilines is 1. The first-order valence-electron chi connectivity index (χ1n) is 5.67. The summed E-state index contributed by atoms with van der Waals surface area (Å²) in [7, 11) is 2.19. The molecular weight excluding hydrogens is 206 g/mol. The van der Waals surface area contributed by atoms with Gasteiger partial charge in [-0.05, 0) is 39.4 Å². The highest BCUT2D eigenvalue weighted by atomic mass is 32.1. The van der Waals surface area contributed by atoms with Crippen LogP contribution in [0.25, 0.3) is 0 Å². The van der Waals surface area contributed by atoms with Crippen LogP contribution < -0.4 is 5.32 Å². The number of hydrogen-bond donors (Lipinski definition) is 1. The van der Waals surface area contributed by atoms with Crippen LogP contribution in [0.2, 0.25) is 0 Å². The molecule has 0 aromatic carbocycles. The summed E-state index contributed by atoms with van der Waals surface area (Å²) in [6, 6.07) is 0.622. The van der Waals surface area contributed by atoms with Crippen molar-refractivity contribution in [2.45, 2.75) is 32.2 Å². The van der Waals surface area contributed by atoms with Gasteiger partial charge in [-0.2, -0.15) is 0 Å². The third-order valence-corrected chi connectivity index (χ3v) is 3.78. The van der Waals surface area contributed by atoms with Crippen LogP contribution in [-0.2, 0) is 6.42 Å². The summed E-state index contributed by atoms with van der Waals surface area (Å²) in [6.45, 7) is 4.54. The number of aryl methyl sites for hydroxylation is 1. The zero-order valence-electron chi connectivity index (χ0n) is 9.49. The van der Waals surface area contributed by atoms with E-state index in [1.165, 1.54) is 31.6 Å². The standard InChI is InChI=1S/C11H19N3S/c1-3-9-8-15-11(12-9)13-10-4-6-14(2)7-5-10/h8,10H,3-7H2,1-2H3,(H,12,13). The molecule has 0 amide bonds. The smallest absolute Gasteiger partial charge is 0.183 e. The van der Waals surface area contributed by atoms with Crippen molar-refractivity contribution in [1.29, 1.82) is 0 Å². The van der Waals surface area contributed by atoms with Gasteiger partial charge in [-0.3, -0.25) is 0 Å². The number of nitrogens with zero attached hydrogens (tertiary/aromatic N) is 2. The van der Waals surface area contributed by atoms with E-state index in [-0.39, 0.29) is 0 Å². The molecule has 2 rings (SSSR count). The Bertz CT molecular complexity index is 303. The second-order valence-electron chi connectivity index (χ2n) is 4.22. The van der Waals surface area contributed by atoms with Crippen molar-refractivity contribution >= 4 is 16.5 Å². The Morgan fingerprint density at radius 3 is 2.87 bits per heavy atom. The van der Waals surface area contributed by atoms with E-state index in [1.54, 1.807) is 11.3 Å². The topological polar surface area (TPSA) is 28.2 Å². The molecular formula is C11H19N3S. The summed E-state index contributed by atoms with van der Waals surface area (Å²) in [4.78, 5) is 6.92. The van der Waals surface area contributed by atoms with Crippen LogP contribution >= 0.6 is 11.3 Å². The van der Waals surface area contributed by atoms with E-state index in [1.807, 2.05) is 0 Å². The molecule has 1 aromatic rings. The number of rotatable bonds is 3. The number of nitrogens with one attached hydrogen (secondary N) is 1. The lowest BCUT2D eigenvalue weighted by Gasteiger charge is -2.29. The summed E-state index contributed by atoms with van der Waals surface area (Å²) < 4.78 is 0. The lowest BCUT2D eigenvalue weighted by Crippen LogP contribution is -2.36. The second kappa shape index (κ2) is 4.94. The monoisotopic (exact) mass is 225 g/mol. The Labute approximate surface area is 95.5 Å². The molecule has 0 unspecified atom stereocenters. The molecule has 1 aromatic heterocycles. The highest BCUT2D eigenvalue weighted by molar-refractivity contribution is 7.13. The van der Waals surface area contributed by atoms with Crippen LogP contribution in [0.4, 0.5) is 5.13 Å². The van der Waals surface area contributed by atoms with Crippen molar-refractivity contribution in [2.24, 2.45) is 0 Å². The predicted molar refractivity (Wildman–Crippen MR) is 65.6 cm³/mol. The largest absolute Gasteiger partial charge is 0.359 e. The zero-order valence-corrected chi connectivity index (χ0v) is 10.3. The average molecular weight is 225 g/mol. The van der Waals surface area contributed by atoms with Crippen molar-refractivity contribution in [2.75, 3.05) is 25.5 Å². The van der Waals surface area contributed by atoms with Crippen LogP contribution in [0, 0.1) is 0 Å². The average Bonchev–Trinajstić information content (AvgIpc) is 2.69. The fourth-order valence-electron chi connectivity index (χ4n) is 1.86. The van der Waals surface area contributed by atoms with Gasteiger partial charge in [0.2, 0.25) is 0 Å². The molecule has 4 heteroatoms. The molecule has 0 aliphatic carbocycles. The zero-order chi connectivity index (χ0) is 10.7. The van der Waals surface area contributed by atoms with Crippen molar-refractivity contribution in [1.82, 2.24) is 9.88 Å². The second-order valence-corrected chi connectivity index (χ2v) is 5.08. The lowest BCUT2D eigenvalue weighted by atomic mass is 10.1. The van der Waals surface area contributed by atoms with Gasteiger partial charge in [-0.1, -0.05) is 6.92 Å². The highest BCUT2D eigenvalue weighted by Crippen LogP contribution is 2.20. The van der Waals surface area contributed by atoms with Crippen LogP contribution in [-0.4, -0.2) is 36.1 Å². The van der Waals surface area contributed by atoms with E-state index < -0.39 is 0 Å². The van der Waals surface area contributed by atoms with E-state index in [9.17, 15) is 0 Å². The third-order valence-electron chi connectivity index (χ3n) is 2.96. The third kappa shape index (κ3) is 2.92. The van der Waals surface area contributed by atoms with Gasteiger partial charge in [0.1, 0.15) is 0 Å². The molecule has 1 aliphatic heterocycles. The van der Waals surface area contributed by atoms with Crippen LogP contribution in [0.3, 0.4) is 0 Å². The maximum absolute atomic E-state index is 4.54. The Balaban J connectivity index is 1.86. The van der Waals surface area contributed by atoms with Crippen molar-refractivity contribution in [3.05, 3.63) is 11.1 Å². The van der Waals surface area contributed by atoms with E-state index >= 15 is 0 Å². The summed E-state index contributed by atoms with van der Waals surface area (Å²) in [5.74, 6) is 0. The molecule has 2 heterocycles.